The lowest BCUT2D eigenvalue weighted by molar-refractivity contribution is 0.0836. The normalized spacial score (nSPS) is 17.4. The molecule has 1 atom stereocenters. The van der Waals surface area contributed by atoms with Crippen LogP contribution in [0.15, 0.2) is 62.7 Å². The number of aliphatic imine (C=N–C) groups is 1. The lowest BCUT2D eigenvalue weighted by Crippen LogP contribution is -2.50. The second kappa shape index (κ2) is 8.37. The minimum absolute atomic E-state index is 0.0529. The van der Waals surface area contributed by atoms with E-state index < -0.39 is 0 Å². The summed E-state index contributed by atoms with van der Waals surface area (Å²) in [6, 6.07) is 15.7. The maximum Gasteiger partial charge on any atom is 0.281 e. The number of aromatic nitrogens is 2. The molecule has 1 amide bonds. The molecule has 2 aromatic carbocycles. The van der Waals surface area contributed by atoms with Crippen molar-refractivity contribution in [1.29, 1.82) is 0 Å². The quantitative estimate of drug-likeness (QED) is 0.503. The lowest BCUT2D eigenvalue weighted by Gasteiger charge is -2.33. The number of phenolic OH excluding ortho intramolecular Hbond substituents is 1. The number of phenols is 1. The van der Waals surface area contributed by atoms with E-state index in [2.05, 4.69) is 48.9 Å². The Bertz CT molecular complexity index is 1220. The van der Waals surface area contributed by atoms with Gasteiger partial charge in [0.1, 0.15) is 5.75 Å². The Morgan fingerprint density at radius 1 is 1.12 bits per heavy atom. The number of imidazole rings is 1. The van der Waals surface area contributed by atoms with Gasteiger partial charge >= 0.3 is 0 Å². The molecule has 5 rings (SSSR count). The SMILES string of the molecule is CCN1C(=O)c2c(nc(Br)n2Cc2ccc(O)c(Br)c2)N2C[C@@H](Cc3ccccc3)N=C12. The van der Waals surface area contributed by atoms with Crippen molar-refractivity contribution in [3.63, 3.8) is 0 Å². The third kappa shape index (κ3) is 3.63. The maximum absolute atomic E-state index is 13.5. The zero-order valence-electron chi connectivity index (χ0n) is 17.4. The number of nitrogens with zero attached hydrogens (tertiary/aromatic N) is 5. The van der Waals surface area contributed by atoms with Crippen LogP contribution in [0.5, 0.6) is 5.75 Å². The van der Waals surface area contributed by atoms with Gasteiger partial charge < -0.3 is 9.67 Å². The van der Waals surface area contributed by atoms with Crippen LogP contribution in [0.3, 0.4) is 0 Å². The van der Waals surface area contributed by atoms with Crippen LogP contribution in [0.1, 0.15) is 28.5 Å². The number of fused-ring (bicyclic) bond motifs is 3. The molecule has 0 fully saturated rings. The fourth-order valence-electron chi connectivity index (χ4n) is 4.25. The highest BCUT2D eigenvalue weighted by atomic mass is 79.9. The standard InChI is InChI=1S/C23H21Br2N5O2/c1-2-28-21(32)19-20(27-22(25)29(19)12-15-8-9-18(31)17(24)11-15)30-13-16(26-23(28)30)10-14-6-4-3-5-7-14/h3-9,11,16,31H,2,10,12-13H2,1H3/t16-/m1/s1. The Kier molecular flexibility index (Phi) is 5.54. The summed E-state index contributed by atoms with van der Waals surface area (Å²) in [5.74, 6) is 1.39. The van der Waals surface area contributed by atoms with Crippen molar-refractivity contribution in [2.75, 3.05) is 18.0 Å². The minimum Gasteiger partial charge on any atom is -0.507 e. The summed E-state index contributed by atoms with van der Waals surface area (Å²) in [4.78, 5) is 26.9. The Balaban J connectivity index is 1.50. The predicted molar refractivity (Wildman–Crippen MR) is 130 cm³/mol. The van der Waals surface area contributed by atoms with Gasteiger partial charge in [0.05, 0.1) is 23.6 Å². The summed E-state index contributed by atoms with van der Waals surface area (Å²) >= 11 is 6.92. The Labute approximate surface area is 202 Å². The first-order valence-electron chi connectivity index (χ1n) is 10.4. The zero-order valence-corrected chi connectivity index (χ0v) is 20.5. The molecule has 2 aliphatic rings. The molecule has 3 heterocycles. The van der Waals surface area contributed by atoms with Crippen molar-refractivity contribution in [3.8, 4) is 5.75 Å². The molecule has 0 spiro atoms. The highest BCUT2D eigenvalue weighted by Gasteiger charge is 2.43. The van der Waals surface area contributed by atoms with Crippen LogP contribution in [0.25, 0.3) is 0 Å². The van der Waals surface area contributed by atoms with Crippen LogP contribution in [0.4, 0.5) is 5.82 Å². The molecule has 0 aliphatic carbocycles. The molecular weight excluding hydrogens is 538 g/mol. The number of carbonyl (C=O) groups excluding carboxylic acids is 1. The fourth-order valence-corrected chi connectivity index (χ4v) is 5.15. The highest BCUT2D eigenvalue weighted by molar-refractivity contribution is 9.10. The van der Waals surface area contributed by atoms with E-state index in [9.17, 15) is 9.90 Å². The summed E-state index contributed by atoms with van der Waals surface area (Å²) in [6.45, 7) is 3.61. The summed E-state index contributed by atoms with van der Waals surface area (Å²) < 4.78 is 3.07. The Hall–Kier alpha value is -2.65. The number of guanidine groups is 1. The van der Waals surface area contributed by atoms with Gasteiger partial charge in [-0.2, -0.15) is 0 Å². The maximum atomic E-state index is 13.5. The molecule has 2 aliphatic heterocycles. The third-order valence-electron chi connectivity index (χ3n) is 5.76. The van der Waals surface area contributed by atoms with Gasteiger partial charge in [0.15, 0.2) is 16.2 Å². The second-order valence-electron chi connectivity index (χ2n) is 7.86. The molecule has 0 radical (unpaired) electrons. The van der Waals surface area contributed by atoms with Crippen LogP contribution in [-0.2, 0) is 13.0 Å². The lowest BCUT2D eigenvalue weighted by atomic mass is 10.1. The van der Waals surface area contributed by atoms with Gasteiger partial charge in [-0.1, -0.05) is 36.4 Å². The topological polar surface area (TPSA) is 74.0 Å². The molecule has 0 saturated carbocycles. The van der Waals surface area contributed by atoms with Crippen LogP contribution < -0.4 is 4.90 Å². The molecule has 0 bridgehead atoms. The smallest absolute Gasteiger partial charge is 0.281 e. The number of rotatable bonds is 5. The van der Waals surface area contributed by atoms with E-state index in [0.717, 1.165) is 12.0 Å². The van der Waals surface area contributed by atoms with Gasteiger partial charge in [0.2, 0.25) is 5.96 Å². The number of hydrogen-bond acceptors (Lipinski definition) is 5. The van der Waals surface area contributed by atoms with E-state index in [1.807, 2.05) is 41.8 Å². The molecule has 7 nitrogen and oxygen atoms in total. The second-order valence-corrected chi connectivity index (χ2v) is 9.42. The zero-order chi connectivity index (χ0) is 22.4. The van der Waals surface area contributed by atoms with Gasteiger partial charge in [-0.3, -0.25) is 14.6 Å². The average Bonchev–Trinajstić information content (AvgIpc) is 3.33. The van der Waals surface area contributed by atoms with E-state index in [1.54, 1.807) is 11.0 Å². The van der Waals surface area contributed by atoms with E-state index in [4.69, 9.17) is 9.98 Å². The number of benzene rings is 2. The summed E-state index contributed by atoms with van der Waals surface area (Å²) in [7, 11) is 0. The Morgan fingerprint density at radius 3 is 2.62 bits per heavy atom. The van der Waals surface area contributed by atoms with Gasteiger partial charge in [-0.05, 0) is 68.5 Å². The molecule has 164 valence electrons. The van der Waals surface area contributed by atoms with Gasteiger partial charge in [0, 0.05) is 6.54 Å². The first-order chi connectivity index (χ1) is 15.5. The third-order valence-corrected chi connectivity index (χ3v) is 7.00. The molecule has 3 aromatic rings. The van der Waals surface area contributed by atoms with Crippen LogP contribution in [-0.4, -0.2) is 50.6 Å². The summed E-state index contributed by atoms with van der Waals surface area (Å²) in [5.41, 5.74) is 2.71. The summed E-state index contributed by atoms with van der Waals surface area (Å²) in [5, 5.41) is 9.80. The van der Waals surface area contributed by atoms with E-state index >= 15 is 0 Å². The number of aromatic hydroxyl groups is 1. The van der Waals surface area contributed by atoms with Crippen LogP contribution in [0, 0.1) is 0 Å². The Morgan fingerprint density at radius 2 is 1.91 bits per heavy atom. The van der Waals surface area contributed by atoms with Crippen molar-refractivity contribution in [2.45, 2.75) is 25.9 Å². The molecule has 1 aromatic heterocycles. The molecular formula is C23H21Br2N5O2. The largest absolute Gasteiger partial charge is 0.507 e. The first-order valence-corrected chi connectivity index (χ1v) is 12.0. The molecule has 0 unspecified atom stereocenters. The van der Waals surface area contributed by atoms with Gasteiger partial charge in [-0.15, -0.1) is 0 Å². The van der Waals surface area contributed by atoms with E-state index in [-0.39, 0.29) is 17.7 Å². The first kappa shape index (κ1) is 21.2. The summed E-state index contributed by atoms with van der Waals surface area (Å²) in [6.07, 6.45) is 0.811. The fraction of sp³-hybridized carbons (Fsp3) is 0.261. The average molecular weight is 559 g/mol. The van der Waals surface area contributed by atoms with Crippen molar-refractivity contribution < 1.29 is 9.90 Å². The van der Waals surface area contributed by atoms with Crippen molar-refractivity contribution in [1.82, 2.24) is 14.5 Å². The molecule has 1 N–H and O–H groups in total. The number of halogens is 2. The number of anilines is 1. The number of carbonyl (C=O) groups is 1. The van der Waals surface area contributed by atoms with Crippen LogP contribution >= 0.6 is 31.9 Å². The monoisotopic (exact) mass is 557 g/mol. The number of hydrogen-bond donors (Lipinski definition) is 1. The molecule has 9 heteroatoms. The van der Waals surface area contributed by atoms with E-state index in [0.29, 0.717) is 46.3 Å². The van der Waals surface area contributed by atoms with Crippen molar-refractivity contribution in [3.05, 3.63) is 74.6 Å². The predicted octanol–water partition coefficient (Wildman–Crippen LogP) is 4.43. The molecule has 0 saturated heterocycles. The van der Waals surface area contributed by atoms with Crippen molar-refractivity contribution >= 4 is 49.5 Å². The highest BCUT2D eigenvalue weighted by Crippen LogP contribution is 2.35. The number of amides is 1. The van der Waals surface area contributed by atoms with Crippen molar-refractivity contribution in [2.24, 2.45) is 4.99 Å². The van der Waals surface area contributed by atoms with E-state index in [1.165, 1.54) is 5.56 Å². The van der Waals surface area contributed by atoms with Gasteiger partial charge in [0.25, 0.3) is 5.91 Å². The minimum atomic E-state index is -0.103. The van der Waals surface area contributed by atoms with Gasteiger partial charge in [-0.25, -0.2) is 9.98 Å². The van der Waals surface area contributed by atoms with Crippen LogP contribution in [0.2, 0.25) is 0 Å². The molecule has 32 heavy (non-hydrogen) atoms.